The van der Waals surface area contributed by atoms with Crippen LogP contribution in [-0.2, 0) is 0 Å². The van der Waals surface area contributed by atoms with Gasteiger partial charge in [0, 0.05) is 24.7 Å². The van der Waals surface area contributed by atoms with Gasteiger partial charge >= 0.3 is 0 Å². The largest absolute Gasteiger partial charge is 0.311 e. The van der Waals surface area contributed by atoms with E-state index in [0.29, 0.717) is 12.0 Å². The zero-order chi connectivity index (χ0) is 15.0. The average Bonchev–Trinajstić information content (AvgIpc) is 2.42. The molecule has 0 saturated carbocycles. The molecule has 1 rings (SSSR count). The molecule has 0 saturated heterocycles. The van der Waals surface area contributed by atoms with Crippen LogP contribution in [0.2, 0.25) is 0 Å². The lowest BCUT2D eigenvalue weighted by atomic mass is 9.89. The van der Waals surface area contributed by atoms with E-state index in [1.165, 1.54) is 18.4 Å². The summed E-state index contributed by atoms with van der Waals surface area (Å²) in [5.41, 5.74) is 1.61. The Labute approximate surface area is 125 Å². The van der Waals surface area contributed by atoms with Gasteiger partial charge in [-0.2, -0.15) is 0 Å². The molecule has 2 N–H and O–H groups in total. The second-order valence-corrected chi connectivity index (χ2v) is 6.60. The molecule has 0 bridgehead atoms. The van der Waals surface area contributed by atoms with Gasteiger partial charge < -0.3 is 10.6 Å². The van der Waals surface area contributed by atoms with Gasteiger partial charge in [-0.05, 0) is 32.3 Å². The molecular formula is C18H32N2. The molecule has 0 aliphatic carbocycles. The molecule has 2 heteroatoms. The van der Waals surface area contributed by atoms with Crippen molar-refractivity contribution in [2.75, 3.05) is 13.1 Å². The number of rotatable bonds is 8. The Morgan fingerprint density at radius 2 is 1.55 bits per heavy atom. The predicted molar refractivity (Wildman–Crippen MR) is 89.0 cm³/mol. The summed E-state index contributed by atoms with van der Waals surface area (Å²) in [7, 11) is 0. The average molecular weight is 276 g/mol. The Morgan fingerprint density at radius 3 is 2.05 bits per heavy atom. The standard InChI is InChI=1S/C18H32N2/c1-6-15(7-2)17(16-11-9-8-10-12-16)19-13-14-20-18(3,4)5/h8-12,15,17,19-20H,6-7,13-14H2,1-5H3. The maximum absolute atomic E-state index is 3.75. The first-order chi connectivity index (χ1) is 9.48. The van der Waals surface area contributed by atoms with E-state index in [9.17, 15) is 0 Å². The minimum Gasteiger partial charge on any atom is -0.311 e. The summed E-state index contributed by atoms with van der Waals surface area (Å²) in [5.74, 6) is 0.701. The second kappa shape index (κ2) is 8.43. The van der Waals surface area contributed by atoms with Crippen LogP contribution in [0, 0.1) is 5.92 Å². The van der Waals surface area contributed by atoms with Gasteiger partial charge in [0.05, 0.1) is 0 Å². The lowest BCUT2D eigenvalue weighted by molar-refractivity contribution is 0.331. The van der Waals surface area contributed by atoms with Crippen molar-refractivity contribution in [2.45, 2.75) is 59.0 Å². The van der Waals surface area contributed by atoms with Crippen molar-refractivity contribution in [2.24, 2.45) is 5.92 Å². The molecule has 0 aliphatic rings. The smallest absolute Gasteiger partial charge is 0.0348 e. The fourth-order valence-electron chi connectivity index (χ4n) is 2.64. The summed E-state index contributed by atoms with van der Waals surface area (Å²) >= 11 is 0. The van der Waals surface area contributed by atoms with Crippen LogP contribution < -0.4 is 10.6 Å². The molecular weight excluding hydrogens is 244 g/mol. The Bertz CT molecular complexity index is 349. The van der Waals surface area contributed by atoms with E-state index in [1.807, 2.05) is 0 Å². The van der Waals surface area contributed by atoms with Crippen LogP contribution in [-0.4, -0.2) is 18.6 Å². The number of hydrogen-bond donors (Lipinski definition) is 2. The van der Waals surface area contributed by atoms with E-state index in [4.69, 9.17) is 0 Å². The van der Waals surface area contributed by atoms with Crippen LogP contribution in [0.15, 0.2) is 30.3 Å². The number of hydrogen-bond acceptors (Lipinski definition) is 2. The second-order valence-electron chi connectivity index (χ2n) is 6.60. The zero-order valence-corrected chi connectivity index (χ0v) is 13.9. The van der Waals surface area contributed by atoms with Crippen LogP contribution in [0.4, 0.5) is 0 Å². The molecule has 1 unspecified atom stereocenters. The SMILES string of the molecule is CCC(CC)C(NCCNC(C)(C)C)c1ccccc1. The molecule has 20 heavy (non-hydrogen) atoms. The van der Waals surface area contributed by atoms with Crippen molar-refractivity contribution in [3.63, 3.8) is 0 Å². The molecule has 1 aromatic carbocycles. The summed E-state index contributed by atoms with van der Waals surface area (Å²) in [6.07, 6.45) is 2.44. The van der Waals surface area contributed by atoms with Crippen LogP contribution >= 0.6 is 0 Å². The van der Waals surface area contributed by atoms with Crippen molar-refractivity contribution in [1.29, 1.82) is 0 Å². The third kappa shape index (κ3) is 6.06. The maximum atomic E-state index is 3.75. The Balaban J connectivity index is 2.60. The van der Waals surface area contributed by atoms with Crippen molar-refractivity contribution >= 4 is 0 Å². The maximum Gasteiger partial charge on any atom is 0.0348 e. The first kappa shape index (κ1) is 17.2. The topological polar surface area (TPSA) is 24.1 Å². The van der Waals surface area contributed by atoms with Gasteiger partial charge in [-0.3, -0.25) is 0 Å². The molecule has 0 heterocycles. The molecule has 0 spiro atoms. The first-order valence-corrected chi connectivity index (χ1v) is 8.01. The Morgan fingerprint density at radius 1 is 0.950 bits per heavy atom. The van der Waals surface area contributed by atoms with Crippen LogP contribution in [0.1, 0.15) is 59.1 Å². The van der Waals surface area contributed by atoms with E-state index >= 15 is 0 Å². The third-order valence-corrected chi connectivity index (χ3v) is 3.82. The van der Waals surface area contributed by atoms with Gasteiger partial charge in [0.15, 0.2) is 0 Å². The zero-order valence-electron chi connectivity index (χ0n) is 13.9. The lowest BCUT2D eigenvalue weighted by Crippen LogP contribution is -2.41. The molecule has 0 radical (unpaired) electrons. The highest BCUT2D eigenvalue weighted by atomic mass is 15.0. The summed E-state index contributed by atoms with van der Waals surface area (Å²) in [5, 5.41) is 7.29. The van der Waals surface area contributed by atoms with E-state index in [-0.39, 0.29) is 5.54 Å². The van der Waals surface area contributed by atoms with Crippen LogP contribution in [0.3, 0.4) is 0 Å². The highest BCUT2D eigenvalue weighted by molar-refractivity contribution is 5.19. The van der Waals surface area contributed by atoms with Gasteiger partial charge in [0.25, 0.3) is 0 Å². The molecule has 1 aromatic rings. The van der Waals surface area contributed by atoms with Crippen LogP contribution in [0.25, 0.3) is 0 Å². The van der Waals surface area contributed by atoms with Crippen LogP contribution in [0.5, 0.6) is 0 Å². The molecule has 0 aliphatic heterocycles. The van der Waals surface area contributed by atoms with E-state index in [2.05, 4.69) is 75.6 Å². The monoisotopic (exact) mass is 276 g/mol. The van der Waals surface area contributed by atoms with Gasteiger partial charge in [-0.1, -0.05) is 57.0 Å². The summed E-state index contributed by atoms with van der Waals surface area (Å²) in [6, 6.07) is 11.3. The fraction of sp³-hybridized carbons (Fsp3) is 0.667. The van der Waals surface area contributed by atoms with Gasteiger partial charge in [-0.15, -0.1) is 0 Å². The van der Waals surface area contributed by atoms with E-state index in [1.54, 1.807) is 0 Å². The van der Waals surface area contributed by atoms with E-state index in [0.717, 1.165) is 13.1 Å². The van der Waals surface area contributed by atoms with Crippen molar-refractivity contribution in [3.8, 4) is 0 Å². The van der Waals surface area contributed by atoms with E-state index < -0.39 is 0 Å². The molecule has 0 aromatic heterocycles. The summed E-state index contributed by atoms with van der Waals surface area (Å²) in [4.78, 5) is 0. The quantitative estimate of drug-likeness (QED) is 0.697. The minimum absolute atomic E-state index is 0.193. The molecule has 0 fully saturated rings. The molecule has 2 nitrogen and oxygen atoms in total. The molecule has 114 valence electrons. The molecule has 0 amide bonds. The third-order valence-electron chi connectivity index (χ3n) is 3.82. The summed E-state index contributed by atoms with van der Waals surface area (Å²) < 4.78 is 0. The first-order valence-electron chi connectivity index (χ1n) is 8.01. The van der Waals surface area contributed by atoms with Crippen molar-refractivity contribution in [3.05, 3.63) is 35.9 Å². The normalized spacial score (nSPS) is 13.7. The highest BCUT2D eigenvalue weighted by Crippen LogP contribution is 2.26. The Hall–Kier alpha value is -0.860. The Kier molecular flexibility index (Phi) is 7.25. The number of nitrogens with one attached hydrogen (secondary N) is 2. The van der Waals surface area contributed by atoms with Gasteiger partial charge in [0.2, 0.25) is 0 Å². The summed E-state index contributed by atoms with van der Waals surface area (Å²) in [6.45, 7) is 13.2. The van der Waals surface area contributed by atoms with Gasteiger partial charge in [0.1, 0.15) is 0 Å². The lowest BCUT2D eigenvalue weighted by Gasteiger charge is -2.28. The highest BCUT2D eigenvalue weighted by Gasteiger charge is 2.19. The van der Waals surface area contributed by atoms with Crippen molar-refractivity contribution < 1.29 is 0 Å². The van der Waals surface area contributed by atoms with Gasteiger partial charge in [-0.25, -0.2) is 0 Å². The number of benzene rings is 1. The predicted octanol–water partition coefficient (Wildman–Crippen LogP) is 4.14. The fourth-order valence-corrected chi connectivity index (χ4v) is 2.64. The molecule has 1 atom stereocenters. The minimum atomic E-state index is 0.193. The van der Waals surface area contributed by atoms with Crippen molar-refractivity contribution in [1.82, 2.24) is 10.6 Å².